The molecular formula is C8H5BrN2O. The molecule has 0 radical (unpaired) electrons. The minimum Gasteiger partial charge on any atom is -0.314 e. The number of rotatable bonds is 1. The molecule has 3 nitrogen and oxygen atoms in total. The minimum absolute atomic E-state index is 0.477. The summed E-state index contributed by atoms with van der Waals surface area (Å²) in [4.78, 5) is 14.5. The van der Waals surface area contributed by atoms with Gasteiger partial charge in [0.15, 0.2) is 0 Å². The fourth-order valence-corrected chi connectivity index (χ4v) is 1.01. The number of pyridine rings is 1. The number of nitrogens with one attached hydrogen (secondary N) is 1. The highest BCUT2D eigenvalue weighted by molar-refractivity contribution is 9.10. The highest BCUT2D eigenvalue weighted by atomic mass is 79.9. The lowest BCUT2D eigenvalue weighted by molar-refractivity contribution is -0.111. The summed E-state index contributed by atoms with van der Waals surface area (Å²) in [5.41, 5.74) is 0.576. The summed E-state index contributed by atoms with van der Waals surface area (Å²) >= 11 is 3.21. The van der Waals surface area contributed by atoms with Crippen LogP contribution in [-0.2, 0) is 4.79 Å². The van der Waals surface area contributed by atoms with Gasteiger partial charge in [0, 0.05) is 10.7 Å². The first-order valence-electron chi connectivity index (χ1n) is 3.10. The van der Waals surface area contributed by atoms with Crippen LogP contribution in [0.25, 0.3) is 0 Å². The molecule has 4 heteroatoms. The number of terminal acetylenes is 1. The van der Waals surface area contributed by atoms with Crippen LogP contribution in [-0.4, -0.2) is 10.9 Å². The Labute approximate surface area is 78.3 Å². The van der Waals surface area contributed by atoms with Crippen molar-refractivity contribution in [1.29, 1.82) is 0 Å². The molecule has 0 fully saturated rings. The third kappa shape index (κ3) is 2.36. The van der Waals surface area contributed by atoms with Gasteiger partial charge in [0.05, 0.1) is 11.9 Å². The Hall–Kier alpha value is -1.34. The first-order chi connectivity index (χ1) is 5.72. The summed E-state index contributed by atoms with van der Waals surface area (Å²) in [5.74, 6) is 1.46. The summed E-state index contributed by atoms with van der Waals surface area (Å²) in [6.07, 6.45) is 7.99. The number of halogens is 1. The zero-order valence-corrected chi connectivity index (χ0v) is 7.63. The molecule has 0 aliphatic carbocycles. The van der Waals surface area contributed by atoms with Gasteiger partial charge in [0.25, 0.3) is 5.91 Å². The second-order valence-electron chi connectivity index (χ2n) is 1.99. The van der Waals surface area contributed by atoms with Crippen molar-refractivity contribution in [3.8, 4) is 12.3 Å². The van der Waals surface area contributed by atoms with E-state index in [0.717, 1.165) is 4.47 Å². The Bertz CT molecular complexity index is 343. The molecular weight excluding hydrogens is 220 g/mol. The molecule has 1 heterocycles. The van der Waals surface area contributed by atoms with Crippen LogP contribution in [0, 0.1) is 12.3 Å². The van der Waals surface area contributed by atoms with Crippen molar-refractivity contribution in [1.82, 2.24) is 4.98 Å². The Balaban J connectivity index is 2.78. The number of carbonyl (C=O) groups is 1. The van der Waals surface area contributed by atoms with Crippen LogP contribution in [0.2, 0.25) is 0 Å². The summed E-state index contributed by atoms with van der Waals surface area (Å²) < 4.78 is 0.789. The van der Waals surface area contributed by atoms with Gasteiger partial charge >= 0.3 is 0 Å². The van der Waals surface area contributed by atoms with Crippen molar-refractivity contribution in [2.45, 2.75) is 0 Å². The Morgan fingerprint density at radius 2 is 2.42 bits per heavy atom. The van der Waals surface area contributed by atoms with E-state index < -0.39 is 5.91 Å². The molecule has 0 atom stereocenters. The number of carbonyl (C=O) groups excluding carboxylic acids is 1. The van der Waals surface area contributed by atoms with Gasteiger partial charge in [-0.3, -0.25) is 9.78 Å². The monoisotopic (exact) mass is 224 g/mol. The highest BCUT2D eigenvalue weighted by Crippen LogP contribution is 2.12. The van der Waals surface area contributed by atoms with Crippen molar-refractivity contribution < 1.29 is 4.79 Å². The van der Waals surface area contributed by atoms with E-state index in [1.165, 1.54) is 6.20 Å². The lowest BCUT2D eigenvalue weighted by Crippen LogP contribution is -2.07. The molecule has 1 rings (SSSR count). The molecule has 1 N–H and O–H groups in total. The molecule has 1 amide bonds. The van der Waals surface area contributed by atoms with Crippen LogP contribution in [0.4, 0.5) is 5.69 Å². The first kappa shape index (κ1) is 8.75. The SMILES string of the molecule is C#CC(=O)Nc1cncc(Br)c1. The van der Waals surface area contributed by atoms with Gasteiger partial charge in [-0.05, 0) is 27.9 Å². The van der Waals surface area contributed by atoms with Crippen LogP contribution in [0.3, 0.4) is 0 Å². The van der Waals surface area contributed by atoms with E-state index in [0.29, 0.717) is 5.69 Å². The van der Waals surface area contributed by atoms with Crippen molar-refractivity contribution in [3.63, 3.8) is 0 Å². The van der Waals surface area contributed by atoms with Crippen LogP contribution in [0.15, 0.2) is 22.9 Å². The quantitative estimate of drug-likeness (QED) is 0.734. The molecule has 0 aromatic carbocycles. The van der Waals surface area contributed by atoms with Crippen molar-refractivity contribution in [2.75, 3.05) is 5.32 Å². The first-order valence-corrected chi connectivity index (χ1v) is 3.90. The van der Waals surface area contributed by atoms with Crippen LogP contribution in [0.1, 0.15) is 0 Å². The molecule has 0 aliphatic heterocycles. The molecule has 0 unspecified atom stereocenters. The fourth-order valence-electron chi connectivity index (χ4n) is 0.647. The van der Waals surface area contributed by atoms with E-state index in [2.05, 4.69) is 26.2 Å². The third-order valence-electron chi connectivity index (χ3n) is 1.09. The zero-order valence-electron chi connectivity index (χ0n) is 6.04. The van der Waals surface area contributed by atoms with E-state index in [4.69, 9.17) is 6.42 Å². The van der Waals surface area contributed by atoms with Crippen molar-refractivity contribution >= 4 is 27.5 Å². The minimum atomic E-state index is -0.477. The highest BCUT2D eigenvalue weighted by Gasteiger charge is 1.97. The van der Waals surface area contributed by atoms with Gasteiger partial charge in [0.2, 0.25) is 0 Å². The number of nitrogens with zero attached hydrogens (tertiary/aromatic N) is 1. The Morgan fingerprint density at radius 1 is 1.67 bits per heavy atom. The third-order valence-corrected chi connectivity index (χ3v) is 1.53. The predicted octanol–water partition coefficient (Wildman–Crippen LogP) is 1.42. The van der Waals surface area contributed by atoms with E-state index in [1.54, 1.807) is 12.3 Å². The largest absolute Gasteiger partial charge is 0.314 e. The zero-order chi connectivity index (χ0) is 8.97. The molecule has 1 aromatic rings. The summed E-state index contributed by atoms with van der Waals surface area (Å²) in [5, 5.41) is 2.46. The van der Waals surface area contributed by atoms with Gasteiger partial charge < -0.3 is 5.32 Å². The van der Waals surface area contributed by atoms with Crippen LogP contribution >= 0.6 is 15.9 Å². The normalized spacial score (nSPS) is 8.67. The summed E-state index contributed by atoms with van der Waals surface area (Å²) in [6, 6.07) is 1.71. The maximum atomic E-state index is 10.7. The Kier molecular flexibility index (Phi) is 2.83. The molecule has 0 saturated carbocycles. The average molecular weight is 225 g/mol. The van der Waals surface area contributed by atoms with E-state index in [-0.39, 0.29) is 0 Å². The lowest BCUT2D eigenvalue weighted by atomic mass is 10.4. The number of hydrogen-bond acceptors (Lipinski definition) is 2. The topological polar surface area (TPSA) is 42.0 Å². The summed E-state index contributed by atoms with van der Waals surface area (Å²) in [7, 11) is 0. The van der Waals surface area contributed by atoms with Gasteiger partial charge in [-0.15, -0.1) is 6.42 Å². The summed E-state index contributed by atoms with van der Waals surface area (Å²) in [6.45, 7) is 0. The second-order valence-corrected chi connectivity index (χ2v) is 2.91. The van der Waals surface area contributed by atoms with Gasteiger partial charge in [0.1, 0.15) is 0 Å². The fraction of sp³-hybridized carbons (Fsp3) is 0. The predicted molar refractivity (Wildman–Crippen MR) is 49.4 cm³/mol. The molecule has 0 spiro atoms. The molecule has 1 aromatic heterocycles. The number of anilines is 1. The average Bonchev–Trinajstić information content (AvgIpc) is 2.04. The smallest absolute Gasteiger partial charge is 0.300 e. The molecule has 0 bridgehead atoms. The molecule has 0 saturated heterocycles. The maximum absolute atomic E-state index is 10.7. The van der Waals surface area contributed by atoms with Crippen LogP contribution < -0.4 is 5.32 Å². The van der Waals surface area contributed by atoms with Crippen molar-refractivity contribution in [3.05, 3.63) is 22.9 Å². The number of amides is 1. The van der Waals surface area contributed by atoms with Crippen LogP contribution in [0.5, 0.6) is 0 Å². The van der Waals surface area contributed by atoms with Crippen molar-refractivity contribution in [2.24, 2.45) is 0 Å². The Morgan fingerprint density at radius 3 is 3.00 bits per heavy atom. The number of aromatic nitrogens is 1. The molecule has 0 aliphatic rings. The lowest BCUT2D eigenvalue weighted by Gasteiger charge is -1.99. The second kappa shape index (κ2) is 3.88. The number of hydrogen-bond donors (Lipinski definition) is 1. The van der Waals surface area contributed by atoms with Gasteiger partial charge in [-0.1, -0.05) is 0 Å². The van der Waals surface area contributed by atoms with Gasteiger partial charge in [-0.25, -0.2) is 0 Å². The standard InChI is InChI=1S/C8H5BrN2O/c1-2-8(12)11-7-3-6(9)4-10-5-7/h1,3-5H,(H,11,12). The van der Waals surface area contributed by atoms with E-state index in [9.17, 15) is 4.79 Å². The van der Waals surface area contributed by atoms with Gasteiger partial charge in [-0.2, -0.15) is 0 Å². The maximum Gasteiger partial charge on any atom is 0.300 e. The van der Waals surface area contributed by atoms with E-state index in [1.807, 2.05) is 5.92 Å². The van der Waals surface area contributed by atoms with E-state index >= 15 is 0 Å². The molecule has 60 valence electrons. The molecule has 12 heavy (non-hydrogen) atoms.